The zero-order valence-corrected chi connectivity index (χ0v) is 13.2. The van der Waals surface area contributed by atoms with Crippen LogP contribution in [0.25, 0.3) is 0 Å². The van der Waals surface area contributed by atoms with Gasteiger partial charge in [0.05, 0.1) is 5.88 Å². The van der Waals surface area contributed by atoms with Crippen LogP contribution < -0.4 is 0 Å². The molecule has 1 aromatic heterocycles. The first-order chi connectivity index (χ1) is 9.38. The fraction of sp³-hybridized carbons (Fsp3) is 0.812. The fourth-order valence-corrected chi connectivity index (χ4v) is 2.67. The number of alkyl halides is 1. The fourth-order valence-electron chi connectivity index (χ4n) is 2.44. The highest BCUT2D eigenvalue weighted by atomic mass is 35.5. The Bertz CT molecular complexity index is 309. The van der Waals surface area contributed by atoms with E-state index in [9.17, 15) is 0 Å². The van der Waals surface area contributed by atoms with Crippen molar-refractivity contribution in [3.8, 4) is 0 Å². The van der Waals surface area contributed by atoms with Crippen molar-refractivity contribution in [2.45, 2.75) is 83.6 Å². The standard InChI is InChI=1S/C16H29ClN2/c1-2-3-4-5-6-7-8-9-10-11-13-19-14-12-18-16(19)15-17/h12,14H,2-11,13,15H2,1H3. The summed E-state index contributed by atoms with van der Waals surface area (Å²) >= 11 is 5.82. The van der Waals surface area contributed by atoms with Crippen molar-refractivity contribution in [3.05, 3.63) is 18.2 Å². The van der Waals surface area contributed by atoms with Gasteiger partial charge >= 0.3 is 0 Å². The van der Waals surface area contributed by atoms with E-state index in [0.29, 0.717) is 5.88 Å². The van der Waals surface area contributed by atoms with Gasteiger partial charge in [0.2, 0.25) is 0 Å². The first-order valence-corrected chi connectivity index (χ1v) is 8.48. The molecule has 0 aliphatic rings. The molecule has 3 heteroatoms. The van der Waals surface area contributed by atoms with Gasteiger partial charge in [-0.2, -0.15) is 0 Å². The van der Waals surface area contributed by atoms with Gasteiger partial charge in [0.15, 0.2) is 0 Å². The lowest BCUT2D eigenvalue weighted by molar-refractivity contribution is 0.530. The van der Waals surface area contributed by atoms with Crippen molar-refractivity contribution in [2.24, 2.45) is 0 Å². The van der Waals surface area contributed by atoms with E-state index in [1.54, 1.807) is 0 Å². The van der Waals surface area contributed by atoms with Gasteiger partial charge in [0, 0.05) is 18.9 Å². The minimum absolute atomic E-state index is 0.519. The molecule has 0 saturated carbocycles. The number of aryl methyl sites for hydroxylation is 1. The van der Waals surface area contributed by atoms with E-state index < -0.39 is 0 Å². The summed E-state index contributed by atoms with van der Waals surface area (Å²) < 4.78 is 2.18. The van der Waals surface area contributed by atoms with Crippen LogP contribution in [0.15, 0.2) is 12.4 Å². The maximum atomic E-state index is 5.82. The molecular formula is C16H29ClN2. The molecule has 0 N–H and O–H groups in total. The highest BCUT2D eigenvalue weighted by Gasteiger charge is 2.00. The van der Waals surface area contributed by atoms with Crippen LogP contribution in [0.3, 0.4) is 0 Å². The van der Waals surface area contributed by atoms with Crippen molar-refractivity contribution in [1.82, 2.24) is 9.55 Å². The highest BCUT2D eigenvalue weighted by Crippen LogP contribution is 2.11. The minimum Gasteiger partial charge on any atom is -0.334 e. The third kappa shape index (κ3) is 7.61. The monoisotopic (exact) mass is 284 g/mol. The Morgan fingerprint density at radius 3 is 2.11 bits per heavy atom. The van der Waals surface area contributed by atoms with Gasteiger partial charge < -0.3 is 4.57 Å². The lowest BCUT2D eigenvalue weighted by atomic mass is 10.1. The SMILES string of the molecule is CCCCCCCCCCCCn1ccnc1CCl. The zero-order chi connectivity index (χ0) is 13.8. The van der Waals surface area contributed by atoms with Crippen LogP contribution in [0.2, 0.25) is 0 Å². The Hall–Kier alpha value is -0.500. The van der Waals surface area contributed by atoms with Gasteiger partial charge in [-0.3, -0.25) is 0 Å². The molecule has 19 heavy (non-hydrogen) atoms. The average molecular weight is 285 g/mol. The Kier molecular flexibility index (Phi) is 9.88. The third-order valence-electron chi connectivity index (χ3n) is 3.67. The number of rotatable bonds is 12. The molecule has 0 fully saturated rings. The van der Waals surface area contributed by atoms with Crippen molar-refractivity contribution < 1.29 is 0 Å². The number of halogens is 1. The van der Waals surface area contributed by atoms with Gasteiger partial charge in [-0.15, -0.1) is 11.6 Å². The summed E-state index contributed by atoms with van der Waals surface area (Å²) in [6.07, 6.45) is 17.7. The molecule has 0 spiro atoms. The molecule has 2 nitrogen and oxygen atoms in total. The smallest absolute Gasteiger partial charge is 0.123 e. The summed E-state index contributed by atoms with van der Waals surface area (Å²) in [4.78, 5) is 4.23. The first-order valence-electron chi connectivity index (χ1n) is 7.94. The molecule has 0 bridgehead atoms. The van der Waals surface area contributed by atoms with Crippen LogP contribution in [0.1, 0.15) is 77.0 Å². The predicted octanol–water partition coefficient (Wildman–Crippen LogP) is 5.54. The first kappa shape index (κ1) is 16.6. The Balaban J connectivity index is 1.89. The van der Waals surface area contributed by atoms with E-state index in [4.69, 9.17) is 11.6 Å². The van der Waals surface area contributed by atoms with Crippen molar-refractivity contribution in [3.63, 3.8) is 0 Å². The van der Waals surface area contributed by atoms with Gasteiger partial charge in [0.25, 0.3) is 0 Å². The number of unbranched alkanes of at least 4 members (excludes halogenated alkanes) is 9. The third-order valence-corrected chi connectivity index (χ3v) is 3.91. The van der Waals surface area contributed by atoms with Crippen LogP contribution in [0.5, 0.6) is 0 Å². The van der Waals surface area contributed by atoms with Crippen LogP contribution in [-0.2, 0) is 12.4 Å². The van der Waals surface area contributed by atoms with E-state index in [-0.39, 0.29) is 0 Å². The van der Waals surface area contributed by atoms with Crippen LogP contribution >= 0.6 is 11.6 Å². The summed E-state index contributed by atoms with van der Waals surface area (Å²) in [5.74, 6) is 1.52. The molecule has 1 rings (SSSR count). The topological polar surface area (TPSA) is 17.8 Å². The van der Waals surface area contributed by atoms with E-state index in [2.05, 4.69) is 16.5 Å². The molecule has 0 aliphatic heterocycles. The Morgan fingerprint density at radius 2 is 1.53 bits per heavy atom. The minimum atomic E-state index is 0.519. The van der Waals surface area contributed by atoms with Gasteiger partial charge in [-0.1, -0.05) is 64.7 Å². The molecule has 0 aliphatic carbocycles. The van der Waals surface area contributed by atoms with E-state index in [1.807, 2.05) is 12.4 Å². The summed E-state index contributed by atoms with van der Waals surface area (Å²) in [5, 5.41) is 0. The lowest BCUT2D eigenvalue weighted by Gasteiger charge is -2.06. The molecule has 0 amide bonds. The van der Waals surface area contributed by atoms with Crippen molar-refractivity contribution in [1.29, 1.82) is 0 Å². The quantitative estimate of drug-likeness (QED) is 0.364. The van der Waals surface area contributed by atoms with Crippen LogP contribution in [0, 0.1) is 0 Å². The number of hydrogen-bond acceptors (Lipinski definition) is 1. The highest BCUT2D eigenvalue weighted by molar-refractivity contribution is 6.16. The van der Waals surface area contributed by atoms with Gasteiger partial charge in [-0.25, -0.2) is 4.98 Å². The largest absolute Gasteiger partial charge is 0.334 e. The molecule has 0 aromatic carbocycles. The van der Waals surface area contributed by atoms with E-state index >= 15 is 0 Å². The van der Waals surface area contributed by atoms with E-state index in [1.165, 1.54) is 64.2 Å². The lowest BCUT2D eigenvalue weighted by Crippen LogP contribution is -2.01. The normalized spacial score (nSPS) is 11.1. The summed E-state index contributed by atoms with van der Waals surface area (Å²) in [7, 11) is 0. The zero-order valence-electron chi connectivity index (χ0n) is 12.4. The second-order valence-electron chi connectivity index (χ2n) is 5.35. The number of aromatic nitrogens is 2. The van der Waals surface area contributed by atoms with Crippen molar-refractivity contribution in [2.75, 3.05) is 0 Å². The molecule has 1 heterocycles. The number of nitrogens with zero attached hydrogens (tertiary/aromatic N) is 2. The van der Waals surface area contributed by atoms with Crippen LogP contribution in [0.4, 0.5) is 0 Å². The predicted molar refractivity (Wildman–Crippen MR) is 83.6 cm³/mol. The second-order valence-corrected chi connectivity index (χ2v) is 5.62. The summed E-state index contributed by atoms with van der Waals surface area (Å²) in [5.41, 5.74) is 0. The van der Waals surface area contributed by atoms with Crippen molar-refractivity contribution >= 4 is 11.6 Å². The second kappa shape index (κ2) is 11.3. The summed E-state index contributed by atoms with van der Waals surface area (Å²) in [6.45, 7) is 3.34. The van der Waals surface area contributed by atoms with E-state index in [0.717, 1.165) is 12.4 Å². The number of hydrogen-bond donors (Lipinski definition) is 0. The van der Waals surface area contributed by atoms with Gasteiger partial charge in [-0.05, 0) is 6.42 Å². The summed E-state index contributed by atoms with van der Waals surface area (Å²) in [6, 6.07) is 0. The Morgan fingerprint density at radius 1 is 0.947 bits per heavy atom. The number of imidazole rings is 1. The van der Waals surface area contributed by atoms with Crippen LogP contribution in [-0.4, -0.2) is 9.55 Å². The Labute approximate surface area is 123 Å². The maximum absolute atomic E-state index is 5.82. The average Bonchev–Trinajstić information content (AvgIpc) is 2.88. The molecular weight excluding hydrogens is 256 g/mol. The molecule has 1 aromatic rings. The molecule has 0 atom stereocenters. The molecule has 0 saturated heterocycles. The van der Waals surface area contributed by atoms with Gasteiger partial charge in [0.1, 0.15) is 5.82 Å². The molecule has 0 radical (unpaired) electrons. The molecule has 0 unspecified atom stereocenters. The maximum Gasteiger partial charge on any atom is 0.123 e. The molecule has 110 valence electrons.